The number of hydrogen-bond acceptors (Lipinski definition) is 3. The van der Waals surface area contributed by atoms with E-state index in [-0.39, 0.29) is 11.7 Å². The summed E-state index contributed by atoms with van der Waals surface area (Å²) in [7, 11) is 0. The van der Waals surface area contributed by atoms with Crippen LogP contribution in [0.5, 0.6) is 0 Å². The van der Waals surface area contributed by atoms with Gasteiger partial charge in [-0.3, -0.25) is 4.79 Å². The van der Waals surface area contributed by atoms with Gasteiger partial charge in [-0.25, -0.2) is 4.39 Å². The van der Waals surface area contributed by atoms with Crippen molar-refractivity contribution in [2.24, 2.45) is 0 Å². The van der Waals surface area contributed by atoms with Crippen LogP contribution >= 0.6 is 0 Å². The molecule has 4 nitrogen and oxygen atoms in total. The molecule has 2 heterocycles. The molecule has 2 aromatic carbocycles. The smallest absolute Gasteiger partial charge is 0.253 e. The normalized spacial score (nSPS) is 17.7. The van der Waals surface area contributed by atoms with Crippen LogP contribution in [0.4, 0.5) is 15.8 Å². The van der Waals surface area contributed by atoms with Crippen molar-refractivity contribution in [1.82, 2.24) is 4.90 Å². The molecule has 4 rings (SSSR count). The van der Waals surface area contributed by atoms with Crippen molar-refractivity contribution in [3.8, 4) is 0 Å². The fourth-order valence-electron chi connectivity index (χ4n) is 3.83. The fraction of sp³-hybridized carbons (Fsp3) is 0.381. The van der Waals surface area contributed by atoms with Crippen LogP contribution in [-0.4, -0.2) is 50.1 Å². The summed E-state index contributed by atoms with van der Waals surface area (Å²) in [5.74, 6) is -0.116. The zero-order valence-corrected chi connectivity index (χ0v) is 14.9. The van der Waals surface area contributed by atoms with Gasteiger partial charge in [0.05, 0.1) is 0 Å². The first kappa shape index (κ1) is 16.9. The van der Waals surface area contributed by atoms with Gasteiger partial charge in [0, 0.05) is 56.2 Å². The molecule has 0 aromatic heterocycles. The highest BCUT2D eigenvalue weighted by Gasteiger charge is 2.23. The summed E-state index contributed by atoms with van der Waals surface area (Å²) in [5, 5.41) is 0. The van der Waals surface area contributed by atoms with Gasteiger partial charge in [-0.2, -0.15) is 0 Å². The maximum atomic E-state index is 14.1. The third-order valence-corrected chi connectivity index (χ3v) is 5.29. The van der Waals surface area contributed by atoms with Gasteiger partial charge >= 0.3 is 0 Å². The van der Waals surface area contributed by atoms with E-state index in [4.69, 9.17) is 0 Å². The van der Waals surface area contributed by atoms with Crippen LogP contribution in [0.1, 0.15) is 23.2 Å². The van der Waals surface area contributed by atoms with Crippen molar-refractivity contribution in [2.45, 2.75) is 12.8 Å². The van der Waals surface area contributed by atoms with Crippen molar-refractivity contribution in [1.29, 1.82) is 0 Å². The Morgan fingerprint density at radius 3 is 1.96 bits per heavy atom. The summed E-state index contributed by atoms with van der Waals surface area (Å²) in [6, 6.07) is 14.7. The summed E-state index contributed by atoms with van der Waals surface area (Å²) >= 11 is 0. The molecule has 0 radical (unpaired) electrons. The van der Waals surface area contributed by atoms with Gasteiger partial charge in [-0.15, -0.1) is 0 Å². The Balaban J connectivity index is 1.44. The molecule has 2 saturated heterocycles. The molecule has 5 heteroatoms. The molecule has 26 heavy (non-hydrogen) atoms. The molecule has 0 bridgehead atoms. The van der Waals surface area contributed by atoms with Crippen molar-refractivity contribution in [3.05, 3.63) is 59.9 Å². The summed E-state index contributed by atoms with van der Waals surface area (Å²) in [6.07, 6.45) is 2.35. The molecule has 0 aliphatic carbocycles. The quantitative estimate of drug-likeness (QED) is 0.846. The second-order valence-electron chi connectivity index (χ2n) is 7.01. The van der Waals surface area contributed by atoms with Crippen LogP contribution in [0.25, 0.3) is 0 Å². The zero-order chi connectivity index (χ0) is 17.9. The molecular weight excluding hydrogens is 329 g/mol. The van der Waals surface area contributed by atoms with Crippen LogP contribution in [0.3, 0.4) is 0 Å². The van der Waals surface area contributed by atoms with Crippen LogP contribution in [0, 0.1) is 5.82 Å². The Hall–Kier alpha value is -2.56. The molecule has 0 atom stereocenters. The van der Waals surface area contributed by atoms with Gasteiger partial charge in [-0.1, -0.05) is 18.2 Å². The number of amides is 1. The number of halogens is 1. The number of rotatable bonds is 3. The van der Waals surface area contributed by atoms with E-state index in [1.54, 1.807) is 12.1 Å². The first-order chi connectivity index (χ1) is 12.7. The third kappa shape index (κ3) is 3.52. The van der Waals surface area contributed by atoms with Gasteiger partial charge < -0.3 is 14.7 Å². The summed E-state index contributed by atoms with van der Waals surface area (Å²) in [5.41, 5.74) is 2.61. The molecule has 0 saturated carbocycles. The second kappa shape index (κ2) is 7.36. The van der Waals surface area contributed by atoms with E-state index >= 15 is 0 Å². The van der Waals surface area contributed by atoms with E-state index in [0.717, 1.165) is 43.1 Å². The standard InChI is InChI=1S/C21H24FN3O/c22-18-14-19(23-8-4-5-9-23)16-20(15-18)24-10-12-25(13-11-24)21(26)17-6-2-1-3-7-17/h1-3,6-7,14-16H,4-5,8-13H2. The molecule has 2 aliphatic heterocycles. The van der Waals surface area contributed by atoms with Crippen LogP contribution in [-0.2, 0) is 0 Å². The number of anilines is 2. The molecule has 1 amide bonds. The molecule has 2 fully saturated rings. The minimum atomic E-state index is -0.188. The van der Waals surface area contributed by atoms with Crippen LogP contribution in [0.2, 0.25) is 0 Å². The highest BCUT2D eigenvalue weighted by Crippen LogP contribution is 2.28. The van der Waals surface area contributed by atoms with Crippen molar-refractivity contribution in [3.63, 3.8) is 0 Å². The predicted octanol–water partition coefficient (Wildman–Crippen LogP) is 3.39. The largest absolute Gasteiger partial charge is 0.371 e. The van der Waals surface area contributed by atoms with Crippen molar-refractivity contribution >= 4 is 17.3 Å². The molecule has 0 N–H and O–H groups in total. The number of piperazine rings is 1. The van der Waals surface area contributed by atoms with Gasteiger partial charge in [0.15, 0.2) is 0 Å². The molecule has 0 unspecified atom stereocenters. The van der Waals surface area contributed by atoms with E-state index < -0.39 is 0 Å². The van der Waals surface area contributed by atoms with Crippen molar-refractivity contribution < 1.29 is 9.18 Å². The molecule has 2 aliphatic rings. The average Bonchev–Trinajstić information content (AvgIpc) is 3.23. The molecule has 2 aromatic rings. The lowest BCUT2D eigenvalue weighted by Gasteiger charge is -2.36. The first-order valence-electron chi connectivity index (χ1n) is 9.35. The number of hydrogen-bond donors (Lipinski definition) is 0. The maximum Gasteiger partial charge on any atom is 0.253 e. The summed E-state index contributed by atoms with van der Waals surface area (Å²) < 4.78 is 14.1. The van der Waals surface area contributed by atoms with Gasteiger partial charge in [0.1, 0.15) is 5.82 Å². The van der Waals surface area contributed by atoms with Crippen LogP contribution < -0.4 is 9.80 Å². The van der Waals surface area contributed by atoms with Gasteiger partial charge in [0.2, 0.25) is 0 Å². The monoisotopic (exact) mass is 353 g/mol. The van der Waals surface area contributed by atoms with Crippen LogP contribution in [0.15, 0.2) is 48.5 Å². The lowest BCUT2D eigenvalue weighted by atomic mass is 10.1. The highest BCUT2D eigenvalue weighted by molar-refractivity contribution is 5.94. The van der Waals surface area contributed by atoms with Gasteiger partial charge in [0.25, 0.3) is 5.91 Å². The Morgan fingerprint density at radius 2 is 1.35 bits per heavy atom. The van der Waals surface area contributed by atoms with E-state index in [0.29, 0.717) is 13.1 Å². The Kier molecular flexibility index (Phi) is 4.78. The van der Waals surface area contributed by atoms with E-state index in [2.05, 4.69) is 15.9 Å². The predicted molar refractivity (Wildman–Crippen MR) is 102 cm³/mol. The van der Waals surface area contributed by atoms with Gasteiger partial charge in [-0.05, 0) is 43.2 Å². The Morgan fingerprint density at radius 1 is 0.769 bits per heavy atom. The lowest BCUT2D eigenvalue weighted by Crippen LogP contribution is -2.48. The highest BCUT2D eigenvalue weighted by atomic mass is 19.1. The Labute approximate surface area is 153 Å². The number of carbonyl (C=O) groups excluding carboxylic acids is 1. The third-order valence-electron chi connectivity index (χ3n) is 5.29. The SMILES string of the molecule is O=C(c1ccccc1)N1CCN(c2cc(F)cc(N3CCCC3)c2)CC1. The summed E-state index contributed by atoms with van der Waals surface area (Å²) in [6.45, 7) is 4.76. The second-order valence-corrected chi connectivity index (χ2v) is 7.01. The van der Waals surface area contributed by atoms with Crippen molar-refractivity contribution in [2.75, 3.05) is 49.1 Å². The lowest BCUT2D eigenvalue weighted by molar-refractivity contribution is 0.0746. The average molecular weight is 353 g/mol. The minimum Gasteiger partial charge on any atom is -0.371 e. The number of nitrogens with zero attached hydrogens (tertiary/aromatic N) is 3. The first-order valence-corrected chi connectivity index (χ1v) is 9.35. The maximum absolute atomic E-state index is 14.1. The van der Waals surface area contributed by atoms with E-state index in [1.807, 2.05) is 35.2 Å². The zero-order valence-electron chi connectivity index (χ0n) is 14.9. The van der Waals surface area contributed by atoms with E-state index in [1.165, 1.54) is 12.8 Å². The fourth-order valence-corrected chi connectivity index (χ4v) is 3.83. The number of benzene rings is 2. The van der Waals surface area contributed by atoms with E-state index in [9.17, 15) is 9.18 Å². The Bertz CT molecular complexity index is 766. The molecule has 0 spiro atoms. The summed E-state index contributed by atoms with van der Waals surface area (Å²) in [4.78, 5) is 18.9. The minimum absolute atomic E-state index is 0.0715. The topological polar surface area (TPSA) is 26.8 Å². The molecular formula is C21H24FN3O. The molecule has 136 valence electrons. The number of carbonyl (C=O) groups is 1.